The Balaban J connectivity index is 1.20. The predicted molar refractivity (Wildman–Crippen MR) is 163 cm³/mol. The molecule has 1 aromatic heterocycles. The maximum atomic E-state index is 13.4. The van der Waals surface area contributed by atoms with Crippen LogP contribution in [0.5, 0.6) is 11.5 Å². The first kappa shape index (κ1) is 29.8. The van der Waals surface area contributed by atoms with Gasteiger partial charge in [-0.25, -0.2) is 9.78 Å². The molecule has 44 heavy (non-hydrogen) atoms. The van der Waals surface area contributed by atoms with Crippen LogP contribution in [0.2, 0.25) is 0 Å². The van der Waals surface area contributed by atoms with E-state index in [2.05, 4.69) is 16.0 Å². The molecule has 0 spiro atoms. The number of aromatic nitrogens is 1. The molecule has 2 aromatic carbocycles. The van der Waals surface area contributed by atoms with E-state index in [4.69, 9.17) is 19.2 Å². The fourth-order valence-electron chi connectivity index (χ4n) is 5.70. The van der Waals surface area contributed by atoms with E-state index in [1.807, 2.05) is 26.0 Å². The Morgan fingerprint density at radius 1 is 1.20 bits per heavy atom. The van der Waals surface area contributed by atoms with Gasteiger partial charge in [0.1, 0.15) is 34.8 Å². The average molecular weight is 622 g/mol. The zero-order chi connectivity index (χ0) is 31.0. The first-order valence-corrected chi connectivity index (χ1v) is 15.6. The molecule has 3 N–H and O–H groups in total. The number of urea groups is 1. The highest BCUT2D eigenvalue weighted by molar-refractivity contribution is 7.18. The highest BCUT2D eigenvalue weighted by atomic mass is 32.1. The summed E-state index contributed by atoms with van der Waals surface area (Å²) in [7, 11) is 1.62. The number of hydrogen-bond acceptors (Lipinski definition) is 9. The lowest BCUT2D eigenvalue weighted by molar-refractivity contribution is -0.138. The molecular weight excluding hydrogens is 586 g/mol. The molecule has 0 radical (unpaired) electrons. The Morgan fingerprint density at radius 3 is 2.75 bits per heavy atom. The van der Waals surface area contributed by atoms with Crippen molar-refractivity contribution in [1.82, 2.24) is 20.5 Å². The van der Waals surface area contributed by atoms with Gasteiger partial charge in [-0.05, 0) is 68.4 Å². The van der Waals surface area contributed by atoms with Gasteiger partial charge in [-0.3, -0.25) is 19.7 Å². The second-order valence-corrected chi connectivity index (χ2v) is 12.5. The second-order valence-electron chi connectivity index (χ2n) is 11.5. The number of hydrogen-bond donors (Lipinski definition) is 3. The molecule has 6 rings (SSSR count). The van der Waals surface area contributed by atoms with E-state index in [1.165, 1.54) is 16.2 Å². The SMILES string of the molecule is CCCOc1cc(OC)cc2sc(C(C)(NC(=O)Nc3ccc4c(c3)COCN(C3CCC(=O)NC3=O)C4=O)C3CC3)nc12. The molecule has 232 valence electrons. The van der Waals surface area contributed by atoms with Crippen molar-refractivity contribution in [3.63, 3.8) is 0 Å². The summed E-state index contributed by atoms with van der Waals surface area (Å²) in [6, 6.07) is 7.57. The van der Waals surface area contributed by atoms with Crippen LogP contribution in [-0.4, -0.2) is 60.1 Å². The summed E-state index contributed by atoms with van der Waals surface area (Å²) in [5.41, 5.74) is 1.50. The van der Waals surface area contributed by atoms with Gasteiger partial charge in [0, 0.05) is 23.7 Å². The zero-order valence-corrected chi connectivity index (χ0v) is 25.7. The normalized spacial score (nSPS) is 19.9. The topological polar surface area (TPSA) is 148 Å². The lowest BCUT2D eigenvalue weighted by atomic mass is 9.97. The minimum Gasteiger partial charge on any atom is -0.497 e. The first-order chi connectivity index (χ1) is 21.2. The Hall–Kier alpha value is -4.23. The number of amides is 5. The highest BCUT2D eigenvalue weighted by Gasteiger charge is 2.46. The molecule has 3 heterocycles. The molecular formula is C31H35N5O7S. The molecule has 3 aromatic rings. The number of piperidine rings is 1. The summed E-state index contributed by atoms with van der Waals surface area (Å²) in [6.45, 7) is 4.64. The molecule has 12 nitrogen and oxygen atoms in total. The summed E-state index contributed by atoms with van der Waals surface area (Å²) in [5, 5.41) is 9.17. The highest BCUT2D eigenvalue weighted by Crippen LogP contribution is 2.48. The minimum absolute atomic E-state index is 0.0813. The smallest absolute Gasteiger partial charge is 0.320 e. The van der Waals surface area contributed by atoms with Crippen LogP contribution in [0.1, 0.15) is 66.9 Å². The third-order valence-electron chi connectivity index (χ3n) is 8.27. The van der Waals surface area contributed by atoms with E-state index in [1.54, 1.807) is 25.3 Å². The maximum Gasteiger partial charge on any atom is 0.320 e. The quantitative estimate of drug-likeness (QED) is 0.300. The van der Waals surface area contributed by atoms with Crippen molar-refractivity contribution >= 4 is 51.0 Å². The lowest BCUT2D eigenvalue weighted by Gasteiger charge is -2.31. The lowest BCUT2D eigenvalue weighted by Crippen LogP contribution is -2.54. The van der Waals surface area contributed by atoms with Gasteiger partial charge >= 0.3 is 6.03 Å². The number of nitrogens with zero attached hydrogens (tertiary/aromatic N) is 2. The van der Waals surface area contributed by atoms with Gasteiger partial charge in [0.25, 0.3) is 5.91 Å². The van der Waals surface area contributed by atoms with E-state index in [0.717, 1.165) is 34.5 Å². The van der Waals surface area contributed by atoms with Crippen LogP contribution in [0.15, 0.2) is 30.3 Å². The third kappa shape index (κ3) is 5.81. The monoisotopic (exact) mass is 621 g/mol. The van der Waals surface area contributed by atoms with Gasteiger partial charge in [0.2, 0.25) is 11.8 Å². The molecule has 1 saturated heterocycles. The fourth-order valence-corrected chi connectivity index (χ4v) is 6.90. The Kier molecular flexibility index (Phi) is 8.16. The van der Waals surface area contributed by atoms with E-state index in [0.29, 0.717) is 34.9 Å². The van der Waals surface area contributed by atoms with Crippen LogP contribution >= 0.6 is 11.3 Å². The van der Waals surface area contributed by atoms with Crippen molar-refractivity contribution in [3.8, 4) is 11.5 Å². The fraction of sp³-hybridized carbons (Fsp3) is 0.452. The number of fused-ring (bicyclic) bond motifs is 2. The molecule has 13 heteroatoms. The van der Waals surface area contributed by atoms with E-state index >= 15 is 0 Å². The largest absolute Gasteiger partial charge is 0.497 e. The number of benzene rings is 2. The minimum atomic E-state index is -0.785. The van der Waals surface area contributed by atoms with Crippen LogP contribution < -0.4 is 25.4 Å². The molecule has 0 bridgehead atoms. The number of anilines is 1. The number of rotatable bonds is 9. The van der Waals surface area contributed by atoms with Gasteiger partial charge in [0.05, 0.1) is 30.6 Å². The van der Waals surface area contributed by atoms with Gasteiger partial charge < -0.3 is 29.7 Å². The summed E-state index contributed by atoms with van der Waals surface area (Å²) in [6.07, 6.45) is 3.19. The summed E-state index contributed by atoms with van der Waals surface area (Å²) >= 11 is 1.51. The summed E-state index contributed by atoms with van der Waals surface area (Å²) < 4.78 is 18.1. The molecule has 3 aliphatic rings. The number of imide groups is 1. The maximum absolute atomic E-state index is 13.4. The van der Waals surface area contributed by atoms with Crippen LogP contribution in [-0.2, 0) is 26.5 Å². The molecule has 2 aliphatic heterocycles. The summed E-state index contributed by atoms with van der Waals surface area (Å²) in [4.78, 5) is 57.1. The van der Waals surface area contributed by atoms with Crippen molar-refractivity contribution in [2.75, 3.05) is 25.8 Å². The molecule has 2 fully saturated rings. The van der Waals surface area contributed by atoms with Gasteiger partial charge in [-0.15, -0.1) is 11.3 Å². The molecule has 1 aliphatic carbocycles. The van der Waals surface area contributed by atoms with Gasteiger partial charge in [-0.2, -0.15) is 0 Å². The average Bonchev–Trinajstić information content (AvgIpc) is 3.79. The third-order valence-corrected chi connectivity index (χ3v) is 9.51. The Morgan fingerprint density at radius 2 is 2.02 bits per heavy atom. The zero-order valence-electron chi connectivity index (χ0n) is 24.9. The van der Waals surface area contributed by atoms with Crippen LogP contribution in [0.3, 0.4) is 0 Å². The number of thiazole rings is 1. The number of nitrogens with one attached hydrogen (secondary N) is 3. The van der Waals surface area contributed by atoms with Gasteiger partial charge in [-0.1, -0.05) is 6.92 Å². The molecule has 2 atom stereocenters. The first-order valence-electron chi connectivity index (χ1n) is 14.8. The van der Waals surface area contributed by atoms with E-state index < -0.39 is 23.5 Å². The van der Waals surface area contributed by atoms with Crippen molar-refractivity contribution in [1.29, 1.82) is 0 Å². The van der Waals surface area contributed by atoms with Crippen molar-refractivity contribution in [3.05, 3.63) is 46.5 Å². The van der Waals surface area contributed by atoms with Crippen LogP contribution in [0.25, 0.3) is 10.2 Å². The van der Waals surface area contributed by atoms with Crippen molar-refractivity contribution < 1.29 is 33.4 Å². The molecule has 5 amide bonds. The number of carbonyl (C=O) groups excluding carboxylic acids is 4. The predicted octanol–water partition coefficient (Wildman–Crippen LogP) is 4.28. The van der Waals surface area contributed by atoms with E-state index in [-0.39, 0.29) is 43.9 Å². The molecule has 2 unspecified atom stereocenters. The van der Waals surface area contributed by atoms with Crippen molar-refractivity contribution in [2.24, 2.45) is 5.92 Å². The Bertz CT molecular complexity index is 1640. The van der Waals surface area contributed by atoms with Crippen LogP contribution in [0.4, 0.5) is 10.5 Å². The summed E-state index contributed by atoms with van der Waals surface area (Å²) in [5.74, 6) is 0.349. The number of ether oxygens (including phenoxy) is 3. The number of methoxy groups -OCH3 is 1. The second kappa shape index (κ2) is 12.0. The number of carbonyl (C=O) groups is 4. The van der Waals surface area contributed by atoms with Crippen molar-refractivity contribution in [2.45, 2.75) is 64.1 Å². The van der Waals surface area contributed by atoms with Crippen LogP contribution in [0, 0.1) is 5.92 Å². The van der Waals surface area contributed by atoms with Gasteiger partial charge in [0.15, 0.2) is 0 Å². The van der Waals surface area contributed by atoms with E-state index in [9.17, 15) is 19.2 Å². The molecule has 1 saturated carbocycles. The standard InChI is InChI=1S/C31H35N5O7S/c1-4-11-43-23-13-20(41-3)14-24-26(23)34-29(44-24)31(2,18-5-6-18)35-30(40)32-19-7-8-21-17(12-19)15-42-16-36(28(21)39)22-9-10-25(37)33-27(22)38/h7-8,12-14,18,22H,4-6,9-11,15-16H2,1-3H3,(H2,32,35,40)(H,33,37,38). The Labute approximate surface area is 258 Å².